The zero-order valence-electron chi connectivity index (χ0n) is 10.8. The van der Waals surface area contributed by atoms with Gasteiger partial charge >= 0.3 is 11.9 Å². The number of carboxylic acid groups (broad SMARTS) is 2. The van der Waals surface area contributed by atoms with E-state index in [4.69, 9.17) is 21.1 Å². The molecular weight excluding hydrogens is 276 g/mol. The van der Waals surface area contributed by atoms with Crippen LogP contribution in [-0.4, -0.2) is 54.0 Å². The number of alkyl halides is 1. The number of aliphatic carboxylic acids is 2. The highest BCUT2D eigenvalue weighted by Gasteiger charge is 2.52. The van der Waals surface area contributed by atoms with Crippen LogP contribution in [0, 0.1) is 0 Å². The highest BCUT2D eigenvalue weighted by Crippen LogP contribution is 2.36. The Morgan fingerprint density at radius 1 is 1.42 bits per heavy atom. The smallest absolute Gasteiger partial charge is 0.343 e. The molecule has 0 spiro atoms. The second kappa shape index (κ2) is 5.73. The van der Waals surface area contributed by atoms with Crippen LogP contribution in [0.25, 0.3) is 0 Å². The van der Waals surface area contributed by atoms with E-state index in [1.54, 1.807) is 6.92 Å². The van der Waals surface area contributed by atoms with E-state index in [-0.39, 0.29) is 11.5 Å². The first-order valence-electron chi connectivity index (χ1n) is 5.39. The summed E-state index contributed by atoms with van der Waals surface area (Å²) in [4.78, 5) is 22.9. The third-order valence-electron chi connectivity index (χ3n) is 3.21. The summed E-state index contributed by atoms with van der Waals surface area (Å²) in [6, 6.07) is 0. The molecule has 1 aliphatic carbocycles. The van der Waals surface area contributed by atoms with Crippen LogP contribution >= 0.6 is 11.6 Å². The lowest BCUT2D eigenvalue weighted by molar-refractivity contribution is -0.169. The van der Waals surface area contributed by atoms with Crippen molar-refractivity contribution in [3.63, 3.8) is 0 Å². The van der Waals surface area contributed by atoms with Crippen LogP contribution in [0.2, 0.25) is 0 Å². The zero-order chi connectivity index (χ0) is 14.8. The molecule has 0 heterocycles. The second-order valence-corrected chi connectivity index (χ2v) is 4.33. The number of rotatable bonds is 5. The molecule has 2 unspecified atom stereocenters. The first kappa shape index (κ1) is 15.7. The molecule has 0 fully saturated rings. The summed E-state index contributed by atoms with van der Waals surface area (Å²) in [5, 5.41) is 18.7. The van der Waals surface area contributed by atoms with E-state index in [1.165, 1.54) is 20.3 Å². The summed E-state index contributed by atoms with van der Waals surface area (Å²) in [7, 11) is 2.42. The molecule has 0 radical (unpaired) electrons. The Kier molecular flexibility index (Phi) is 4.73. The van der Waals surface area contributed by atoms with Crippen molar-refractivity contribution in [2.75, 3.05) is 20.1 Å². The van der Waals surface area contributed by atoms with E-state index in [2.05, 4.69) is 0 Å². The van der Waals surface area contributed by atoms with E-state index in [0.29, 0.717) is 11.1 Å². The van der Waals surface area contributed by atoms with E-state index in [1.807, 2.05) is 0 Å². The Hall–Kier alpha value is -1.37. The number of hydrogen-bond donors (Lipinski definition) is 2. The molecule has 0 bridgehead atoms. The molecule has 0 aliphatic heterocycles. The Bertz CT molecular complexity index is 467. The Labute approximate surface area is 115 Å². The molecule has 0 aromatic rings. The van der Waals surface area contributed by atoms with Crippen molar-refractivity contribution in [2.24, 2.45) is 0 Å². The topological polar surface area (TPSA) is 93.1 Å². The zero-order valence-corrected chi connectivity index (χ0v) is 11.5. The minimum absolute atomic E-state index is 0.0164. The quantitative estimate of drug-likeness (QED) is 0.735. The highest BCUT2D eigenvalue weighted by molar-refractivity contribution is 6.20. The molecule has 19 heavy (non-hydrogen) atoms. The van der Waals surface area contributed by atoms with Gasteiger partial charge in [0.25, 0.3) is 0 Å². The summed E-state index contributed by atoms with van der Waals surface area (Å²) in [6.45, 7) is 1.56. The molecule has 7 heteroatoms. The Morgan fingerprint density at radius 2 is 2.00 bits per heavy atom. The van der Waals surface area contributed by atoms with Gasteiger partial charge in [0.1, 0.15) is 6.10 Å². The van der Waals surface area contributed by atoms with Gasteiger partial charge < -0.3 is 19.7 Å². The van der Waals surface area contributed by atoms with Gasteiger partial charge in [-0.15, -0.1) is 11.6 Å². The second-order valence-electron chi connectivity index (χ2n) is 4.07. The fraction of sp³-hybridized carbons (Fsp3) is 0.500. The fourth-order valence-electron chi connectivity index (χ4n) is 2.16. The average Bonchev–Trinajstić information content (AvgIpc) is 2.37. The van der Waals surface area contributed by atoms with E-state index in [0.717, 1.165) is 0 Å². The number of halogens is 1. The Morgan fingerprint density at radius 3 is 2.32 bits per heavy atom. The first-order chi connectivity index (χ1) is 8.85. The summed E-state index contributed by atoms with van der Waals surface area (Å²) >= 11 is 5.74. The van der Waals surface area contributed by atoms with Crippen molar-refractivity contribution in [3.05, 3.63) is 22.8 Å². The molecule has 0 saturated heterocycles. The summed E-state index contributed by atoms with van der Waals surface area (Å²) in [5.74, 6) is -2.62. The lowest BCUT2D eigenvalue weighted by Crippen LogP contribution is -2.54. The largest absolute Gasteiger partial charge is 0.479 e. The number of carbonyl (C=O) groups is 2. The molecule has 0 aromatic heterocycles. The molecule has 0 saturated carbocycles. The van der Waals surface area contributed by atoms with Crippen LogP contribution in [0.3, 0.4) is 0 Å². The van der Waals surface area contributed by atoms with Crippen LogP contribution in [-0.2, 0) is 19.1 Å². The van der Waals surface area contributed by atoms with Gasteiger partial charge in [-0.2, -0.15) is 0 Å². The summed E-state index contributed by atoms with van der Waals surface area (Å²) < 4.78 is 10.1. The van der Waals surface area contributed by atoms with Crippen molar-refractivity contribution in [1.29, 1.82) is 0 Å². The van der Waals surface area contributed by atoms with Gasteiger partial charge in [0.2, 0.25) is 5.60 Å². The third-order valence-corrected chi connectivity index (χ3v) is 3.50. The van der Waals surface area contributed by atoms with Gasteiger partial charge in [0, 0.05) is 20.1 Å². The molecule has 0 aromatic carbocycles. The molecular formula is C12H15ClO6. The average molecular weight is 291 g/mol. The van der Waals surface area contributed by atoms with Gasteiger partial charge in [-0.3, -0.25) is 0 Å². The van der Waals surface area contributed by atoms with Crippen molar-refractivity contribution in [3.8, 4) is 0 Å². The van der Waals surface area contributed by atoms with Crippen molar-refractivity contribution in [2.45, 2.75) is 18.6 Å². The molecule has 0 amide bonds. The third kappa shape index (κ3) is 2.39. The van der Waals surface area contributed by atoms with Crippen molar-refractivity contribution in [1.82, 2.24) is 0 Å². The number of hydrogen-bond acceptors (Lipinski definition) is 4. The normalized spacial score (nSPS) is 27.2. The van der Waals surface area contributed by atoms with Gasteiger partial charge in [0.15, 0.2) is 0 Å². The van der Waals surface area contributed by atoms with Crippen LogP contribution in [0.1, 0.15) is 6.92 Å². The lowest BCUT2D eigenvalue weighted by atomic mass is 9.79. The van der Waals surface area contributed by atoms with Gasteiger partial charge in [0.05, 0.1) is 5.57 Å². The van der Waals surface area contributed by atoms with E-state index >= 15 is 0 Å². The van der Waals surface area contributed by atoms with Crippen molar-refractivity contribution >= 4 is 23.5 Å². The molecule has 2 N–H and O–H groups in total. The maximum absolute atomic E-state index is 11.5. The standard InChI is InChI=1S/C12H15ClO6/c1-6-7(5-13)4-12(19-3,11(16)17)9(18-2)8(6)10(14)15/h4,9H,5H2,1-3H3,(H,14,15)(H,16,17). The molecule has 6 nitrogen and oxygen atoms in total. The summed E-state index contributed by atoms with van der Waals surface area (Å²) in [6.07, 6.45) is 0.0533. The SMILES string of the molecule is COC1C(C(=O)O)=C(C)C(CCl)=CC1(OC)C(=O)O. The van der Waals surface area contributed by atoms with Crippen molar-refractivity contribution < 1.29 is 29.3 Å². The number of allylic oxidation sites excluding steroid dienone is 2. The van der Waals surface area contributed by atoms with E-state index < -0.39 is 23.6 Å². The van der Waals surface area contributed by atoms with Gasteiger partial charge in [-0.1, -0.05) is 0 Å². The molecule has 1 rings (SSSR count). The van der Waals surface area contributed by atoms with E-state index in [9.17, 15) is 19.8 Å². The van der Waals surface area contributed by atoms with Crippen LogP contribution < -0.4 is 0 Å². The molecule has 1 aliphatic rings. The minimum atomic E-state index is -1.90. The maximum Gasteiger partial charge on any atom is 0.343 e. The first-order valence-corrected chi connectivity index (χ1v) is 5.92. The maximum atomic E-state index is 11.5. The predicted octanol–water partition coefficient (Wildman–Crippen LogP) is 1.05. The fourth-order valence-corrected chi connectivity index (χ4v) is 2.44. The number of carboxylic acids is 2. The minimum Gasteiger partial charge on any atom is -0.479 e. The highest BCUT2D eigenvalue weighted by atomic mass is 35.5. The number of methoxy groups -OCH3 is 2. The Balaban J connectivity index is 3.58. The van der Waals surface area contributed by atoms with Crippen LogP contribution in [0.5, 0.6) is 0 Å². The number of ether oxygens (including phenoxy) is 2. The molecule has 2 atom stereocenters. The van der Waals surface area contributed by atoms with Crippen LogP contribution in [0.4, 0.5) is 0 Å². The van der Waals surface area contributed by atoms with Crippen LogP contribution in [0.15, 0.2) is 22.8 Å². The van der Waals surface area contributed by atoms with Gasteiger partial charge in [-0.05, 0) is 24.1 Å². The lowest BCUT2D eigenvalue weighted by Gasteiger charge is -2.37. The monoisotopic (exact) mass is 290 g/mol. The van der Waals surface area contributed by atoms with Gasteiger partial charge in [-0.25, -0.2) is 9.59 Å². The predicted molar refractivity (Wildman–Crippen MR) is 67.3 cm³/mol. The summed E-state index contributed by atoms with van der Waals surface area (Å²) in [5.41, 5.74) is -1.27. The molecule has 106 valence electrons.